The molecule has 0 saturated carbocycles. The van der Waals surface area contributed by atoms with E-state index in [9.17, 15) is 4.79 Å². The highest BCUT2D eigenvalue weighted by Gasteiger charge is 2.18. The number of ether oxygens (including phenoxy) is 1. The van der Waals surface area contributed by atoms with Crippen LogP contribution in [-0.4, -0.2) is 38.5 Å². The Morgan fingerprint density at radius 3 is 2.69 bits per heavy atom. The average molecular weight is 412 g/mol. The zero-order valence-corrected chi connectivity index (χ0v) is 18.1. The number of hydrogen-bond donors (Lipinski definition) is 1. The number of hydrogen-bond acceptors (Lipinski definition) is 6. The van der Waals surface area contributed by atoms with Crippen LogP contribution in [0.4, 0.5) is 5.69 Å². The Morgan fingerprint density at radius 2 is 2.03 bits per heavy atom. The van der Waals surface area contributed by atoms with E-state index in [2.05, 4.69) is 41.3 Å². The number of anilines is 1. The third-order valence-corrected chi connectivity index (χ3v) is 5.45. The Morgan fingerprint density at radius 1 is 1.24 bits per heavy atom. The molecular weight excluding hydrogens is 386 g/mol. The molecule has 0 fully saturated rings. The lowest BCUT2D eigenvalue weighted by molar-refractivity contribution is -0.113. The number of nitrogens with one attached hydrogen (secondary N) is 1. The number of nitrogens with zero attached hydrogens (tertiary/aromatic N) is 4. The van der Waals surface area contributed by atoms with Gasteiger partial charge in [-0.05, 0) is 35.2 Å². The number of carbonyl (C=O) groups is 1. The van der Waals surface area contributed by atoms with Crippen molar-refractivity contribution in [3.8, 4) is 17.1 Å². The minimum absolute atomic E-state index is 0.0260. The summed E-state index contributed by atoms with van der Waals surface area (Å²) in [6.07, 6.45) is 3.45. The number of amides is 1. The van der Waals surface area contributed by atoms with Gasteiger partial charge in [-0.1, -0.05) is 38.6 Å². The van der Waals surface area contributed by atoms with Gasteiger partial charge in [-0.3, -0.25) is 9.78 Å². The third kappa shape index (κ3) is 4.95. The molecule has 0 bridgehead atoms. The van der Waals surface area contributed by atoms with Gasteiger partial charge in [-0.25, -0.2) is 0 Å². The lowest BCUT2D eigenvalue weighted by Gasteiger charge is -2.21. The highest BCUT2D eigenvalue weighted by Crippen LogP contribution is 2.31. The molecule has 0 unspecified atom stereocenters. The molecule has 152 valence electrons. The van der Waals surface area contributed by atoms with E-state index in [1.165, 1.54) is 11.8 Å². The molecule has 0 aliphatic carbocycles. The van der Waals surface area contributed by atoms with E-state index in [1.807, 2.05) is 41.9 Å². The van der Waals surface area contributed by atoms with Crippen molar-refractivity contribution in [1.82, 2.24) is 19.7 Å². The van der Waals surface area contributed by atoms with Crippen molar-refractivity contribution in [3.05, 3.63) is 48.3 Å². The van der Waals surface area contributed by atoms with Crippen LogP contribution in [0.5, 0.6) is 5.75 Å². The van der Waals surface area contributed by atoms with E-state index in [4.69, 9.17) is 4.74 Å². The van der Waals surface area contributed by atoms with E-state index in [0.29, 0.717) is 22.4 Å². The van der Waals surface area contributed by atoms with Crippen molar-refractivity contribution in [2.45, 2.75) is 31.3 Å². The monoisotopic (exact) mass is 411 g/mol. The molecule has 2 aromatic heterocycles. The summed E-state index contributed by atoms with van der Waals surface area (Å²) in [4.78, 5) is 16.7. The first kappa shape index (κ1) is 20.9. The lowest BCUT2D eigenvalue weighted by atomic mass is 9.87. The number of pyridine rings is 1. The van der Waals surface area contributed by atoms with Gasteiger partial charge in [-0.15, -0.1) is 10.2 Å². The van der Waals surface area contributed by atoms with E-state index in [-0.39, 0.29) is 17.1 Å². The fourth-order valence-electron chi connectivity index (χ4n) is 2.78. The third-order valence-electron chi connectivity index (χ3n) is 4.43. The van der Waals surface area contributed by atoms with Crippen LogP contribution in [-0.2, 0) is 17.3 Å². The predicted molar refractivity (Wildman–Crippen MR) is 115 cm³/mol. The van der Waals surface area contributed by atoms with Crippen LogP contribution in [0.2, 0.25) is 0 Å². The summed E-state index contributed by atoms with van der Waals surface area (Å²) in [6, 6.07) is 9.63. The second kappa shape index (κ2) is 8.65. The molecule has 8 heteroatoms. The van der Waals surface area contributed by atoms with Crippen LogP contribution in [0.15, 0.2) is 47.9 Å². The lowest BCUT2D eigenvalue weighted by Crippen LogP contribution is -2.17. The molecule has 1 N–H and O–H groups in total. The number of rotatable bonds is 6. The zero-order valence-electron chi connectivity index (χ0n) is 17.3. The van der Waals surface area contributed by atoms with Crippen LogP contribution >= 0.6 is 11.8 Å². The fraction of sp³-hybridized carbons (Fsp3) is 0.333. The molecule has 0 atom stereocenters. The smallest absolute Gasteiger partial charge is 0.234 e. The molecule has 0 aliphatic rings. The topological polar surface area (TPSA) is 81.9 Å². The van der Waals surface area contributed by atoms with Crippen molar-refractivity contribution in [2.24, 2.45) is 7.05 Å². The molecule has 0 radical (unpaired) electrons. The molecule has 2 heterocycles. The maximum Gasteiger partial charge on any atom is 0.234 e. The summed E-state index contributed by atoms with van der Waals surface area (Å²) >= 11 is 1.33. The number of thioether (sulfide) groups is 1. The van der Waals surface area contributed by atoms with E-state index >= 15 is 0 Å². The van der Waals surface area contributed by atoms with Gasteiger partial charge in [-0.2, -0.15) is 0 Å². The van der Waals surface area contributed by atoms with Crippen molar-refractivity contribution in [2.75, 3.05) is 18.2 Å². The molecule has 1 aromatic carbocycles. The summed E-state index contributed by atoms with van der Waals surface area (Å²) in [5.74, 6) is 1.42. The molecule has 0 saturated heterocycles. The first-order valence-corrected chi connectivity index (χ1v) is 10.2. The fourth-order valence-corrected chi connectivity index (χ4v) is 3.49. The Bertz CT molecular complexity index is 996. The molecule has 1 amide bonds. The number of aromatic nitrogens is 4. The molecule has 0 spiro atoms. The Hall–Kier alpha value is -2.87. The van der Waals surface area contributed by atoms with Crippen LogP contribution in [0, 0.1) is 0 Å². The standard InChI is InChI=1S/C21H25N5O2S/c1-21(2,3)15-8-9-17(28-5)16(11-15)23-18(27)13-29-20-25-24-19(26(20)4)14-7-6-10-22-12-14/h6-12H,13H2,1-5H3,(H,23,27). The molecule has 0 aliphatic heterocycles. The average Bonchev–Trinajstić information content (AvgIpc) is 3.06. The van der Waals surface area contributed by atoms with Gasteiger partial charge in [0.2, 0.25) is 5.91 Å². The highest BCUT2D eigenvalue weighted by molar-refractivity contribution is 7.99. The summed E-state index contributed by atoms with van der Waals surface area (Å²) in [7, 11) is 3.47. The van der Waals surface area contributed by atoms with Gasteiger partial charge in [0, 0.05) is 25.0 Å². The maximum atomic E-state index is 12.5. The van der Waals surface area contributed by atoms with Gasteiger partial charge < -0.3 is 14.6 Å². The van der Waals surface area contributed by atoms with E-state index in [1.54, 1.807) is 19.5 Å². The van der Waals surface area contributed by atoms with Crippen molar-refractivity contribution in [1.29, 1.82) is 0 Å². The largest absolute Gasteiger partial charge is 0.495 e. The van der Waals surface area contributed by atoms with Gasteiger partial charge in [0.05, 0.1) is 18.6 Å². The summed E-state index contributed by atoms with van der Waals surface area (Å²) in [6.45, 7) is 6.39. The van der Waals surface area contributed by atoms with Crippen molar-refractivity contribution < 1.29 is 9.53 Å². The normalized spacial score (nSPS) is 11.3. The first-order valence-electron chi connectivity index (χ1n) is 9.20. The van der Waals surface area contributed by atoms with Crippen molar-refractivity contribution in [3.63, 3.8) is 0 Å². The number of carbonyl (C=O) groups excluding carboxylic acids is 1. The van der Waals surface area contributed by atoms with Gasteiger partial charge in [0.15, 0.2) is 11.0 Å². The molecule has 29 heavy (non-hydrogen) atoms. The molecule has 7 nitrogen and oxygen atoms in total. The Balaban J connectivity index is 1.69. The van der Waals surface area contributed by atoms with Crippen LogP contribution in [0.25, 0.3) is 11.4 Å². The quantitative estimate of drug-likeness (QED) is 0.619. The summed E-state index contributed by atoms with van der Waals surface area (Å²) in [5.41, 5.74) is 2.64. The Kier molecular flexibility index (Phi) is 6.22. The number of benzene rings is 1. The predicted octanol–water partition coefficient (Wildman–Crippen LogP) is 3.91. The highest BCUT2D eigenvalue weighted by atomic mass is 32.2. The Labute approximate surface area is 174 Å². The van der Waals surface area contributed by atoms with Crippen LogP contribution < -0.4 is 10.1 Å². The second-order valence-electron chi connectivity index (χ2n) is 7.61. The van der Waals surface area contributed by atoms with Gasteiger partial charge >= 0.3 is 0 Å². The van der Waals surface area contributed by atoms with Gasteiger partial charge in [0.25, 0.3) is 0 Å². The van der Waals surface area contributed by atoms with Crippen LogP contribution in [0.1, 0.15) is 26.3 Å². The maximum absolute atomic E-state index is 12.5. The second-order valence-corrected chi connectivity index (χ2v) is 8.55. The van der Waals surface area contributed by atoms with Crippen LogP contribution in [0.3, 0.4) is 0 Å². The van der Waals surface area contributed by atoms with E-state index < -0.39 is 0 Å². The number of methoxy groups -OCH3 is 1. The molecular formula is C21H25N5O2S. The van der Waals surface area contributed by atoms with E-state index in [0.717, 1.165) is 11.1 Å². The first-order chi connectivity index (χ1) is 13.8. The molecule has 3 aromatic rings. The SMILES string of the molecule is COc1ccc(C(C)(C)C)cc1NC(=O)CSc1nnc(-c2cccnc2)n1C. The summed E-state index contributed by atoms with van der Waals surface area (Å²) in [5, 5.41) is 12.0. The minimum Gasteiger partial charge on any atom is -0.495 e. The zero-order chi connectivity index (χ0) is 21.0. The molecule has 3 rings (SSSR count). The minimum atomic E-state index is -0.134. The van der Waals surface area contributed by atoms with Crippen molar-refractivity contribution >= 4 is 23.4 Å². The van der Waals surface area contributed by atoms with Gasteiger partial charge in [0.1, 0.15) is 5.75 Å². The summed E-state index contributed by atoms with van der Waals surface area (Å²) < 4.78 is 7.25.